The SMILES string of the molecule is COc1cc(C(=O)OCC2CCCCO2)ccc1N. The maximum atomic E-state index is 11.9. The van der Waals surface area contributed by atoms with Gasteiger partial charge in [0.2, 0.25) is 0 Å². The second-order valence-corrected chi connectivity index (χ2v) is 4.54. The van der Waals surface area contributed by atoms with Crippen LogP contribution >= 0.6 is 0 Å². The Kier molecular flexibility index (Phi) is 4.63. The summed E-state index contributed by atoms with van der Waals surface area (Å²) < 4.78 is 15.8. The zero-order chi connectivity index (χ0) is 13.7. The summed E-state index contributed by atoms with van der Waals surface area (Å²) in [6.07, 6.45) is 3.17. The van der Waals surface area contributed by atoms with E-state index in [0.29, 0.717) is 23.6 Å². The minimum Gasteiger partial charge on any atom is -0.495 e. The van der Waals surface area contributed by atoms with E-state index in [4.69, 9.17) is 19.9 Å². The normalized spacial score (nSPS) is 18.9. The van der Waals surface area contributed by atoms with Crippen molar-refractivity contribution < 1.29 is 19.0 Å². The predicted molar refractivity (Wildman–Crippen MR) is 71.3 cm³/mol. The lowest BCUT2D eigenvalue weighted by Crippen LogP contribution is -2.25. The van der Waals surface area contributed by atoms with Crippen LogP contribution in [0.25, 0.3) is 0 Å². The van der Waals surface area contributed by atoms with Gasteiger partial charge in [0.25, 0.3) is 0 Å². The summed E-state index contributed by atoms with van der Waals surface area (Å²) in [5.41, 5.74) is 6.62. The van der Waals surface area contributed by atoms with Crippen molar-refractivity contribution >= 4 is 11.7 Å². The summed E-state index contributed by atoms with van der Waals surface area (Å²) in [5, 5.41) is 0. The minimum absolute atomic E-state index is 0.0216. The number of ether oxygens (including phenoxy) is 3. The summed E-state index contributed by atoms with van der Waals surface area (Å²) in [5.74, 6) is 0.0934. The molecule has 1 heterocycles. The quantitative estimate of drug-likeness (QED) is 0.666. The number of nitrogens with two attached hydrogens (primary N) is 1. The van der Waals surface area contributed by atoms with Gasteiger partial charge in [-0.1, -0.05) is 0 Å². The molecule has 104 valence electrons. The van der Waals surface area contributed by atoms with Crippen LogP contribution in [-0.2, 0) is 9.47 Å². The second kappa shape index (κ2) is 6.43. The zero-order valence-electron chi connectivity index (χ0n) is 11.1. The number of benzene rings is 1. The number of esters is 1. The Labute approximate surface area is 112 Å². The van der Waals surface area contributed by atoms with Gasteiger partial charge in [0, 0.05) is 6.61 Å². The van der Waals surface area contributed by atoms with Crippen molar-refractivity contribution in [1.29, 1.82) is 0 Å². The molecule has 0 aliphatic carbocycles. The monoisotopic (exact) mass is 265 g/mol. The molecule has 1 aliphatic heterocycles. The molecule has 2 N–H and O–H groups in total. The molecular weight excluding hydrogens is 246 g/mol. The van der Waals surface area contributed by atoms with Crippen LogP contribution in [0.1, 0.15) is 29.6 Å². The largest absolute Gasteiger partial charge is 0.495 e. The van der Waals surface area contributed by atoms with Gasteiger partial charge in [-0.15, -0.1) is 0 Å². The molecule has 1 aliphatic rings. The highest BCUT2D eigenvalue weighted by atomic mass is 16.6. The van der Waals surface area contributed by atoms with Crippen LogP contribution < -0.4 is 10.5 Å². The van der Waals surface area contributed by atoms with Crippen molar-refractivity contribution in [2.75, 3.05) is 26.1 Å². The van der Waals surface area contributed by atoms with E-state index in [-0.39, 0.29) is 12.1 Å². The molecular formula is C14H19NO4. The molecule has 2 rings (SSSR count). The topological polar surface area (TPSA) is 70.8 Å². The summed E-state index contributed by atoms with van der Waals surface area (Å²) in [6, 6.07) is 4.84. The maximum absolute atomic E-state index is 11.9. The standard InChI is InChI=1S/C14H19NO4/c1-17-13-8-10(5-6-12(13)15)14(16)19-9-11-4-2-3-7-18-11/h5-6,8,11H,2-4,7,9,15H2,1H3. The van der Waals surface area contributed by atoms with E-state index in [1.807, 2.05) is 0 Å². The molecule has 0 saturated carbocycles. The third-order valence-corrected chi connectivity index (χ3v) is 3.14. The fourth-order valence-electron chi connectivity index (χ4n) is 2.03. The average Bonchev–Trinajstić information content (AvgIpc) is 2.46. The summed E-state index contributed by atoms with van der Waals surface area (Å²) in [6.45, 7) is 1.05. The zero-order valence-corrected chi connectivity index (χ0v) is 11.1. The Balaban J connectivity index is 1.92. The van der Waals surface area contributed by atoms with Gasteiger partial charge in [0.05, 0.1) is 24.5 Å². The van der Waals surface area contributed by atoms with E-state index in [1.165, 1.54) is 7.11 Å². The first-order valence-electron chi connectivity index (χ1n) is 6.43. The molecule has 5 nitrogen and oxygen atoms in total. The summed E-state index contributed by atoms with van der Waals surface area (Å²) in [7, 11) is 1.51. The number of methoxy groups -OCH3 is 1. The molecule has 0 amide bonds. The lowest BCUT2D eigenvalue weighted by atomic mass is 10.1. The molecule has 1 saturated heterocycles. The number of nitrogen functional groups attached to an aromatic ring is 1. The van der Waals surface area contributed by atoms with Crippen molar-refractivity contribution in [3.05, 3.63) is 23.8 Å². The van der Waals surface area contributed by atoms with Crippen LogP contribution in [0.5, 0.6) is 5.75 Å². The van der Waals surface area contributed by atoms with E-state index >= 15 is 0 Å². The number of rotatable bonds is 4. The molecule has 5 heteroatoms. The first-order chi connectivity index (χ1) is 9.20. The molecule has 1 atom stereocenters. The number of carbonyl (C=O) groups excluding carboxylic acids is 1. The van der Waals surface area contributed by atoms with Crippen LogP contribution in [0.4, 0.5) is 5.69 Å². The Hall–Kier alpha value is -1.75. The van der Waals surface area contributed by atoms with Gasteiger partial charge in [-0.3, -0.25) is 0 Å². The highest BCUT2D eigenvalue weighted by Crippen LogP contribution is 2.22. The molecule has 1 aromatic rings. The van der Waals surface area contributed by atoms with Gasteiger partial charge in [0.15, 0.2) is 0 Å². The van der Waals surface area contributed by atoms with Crippen LogP contribution in [-0.4, -0.2) is 32.4 Å². The first kappa shape index (κ1) is 13.7. The molecule has 1 unspecified atom stereocenters. The Morgan fingerprint density at radius 3 is 3.00 bits per heavy atom. The second-order valence-electron chi connectivity index (χ2n) is 4.54. The first-order valence-corrected chi connectivity index (χ1v) is 6.43. The highest BCUT2D eigenvalue weighted by Gasteiger charge is 2.17. The Morgan fingerprint density at radius 2 is 2.32 bits per heavy atom. The number of anilines is 1. The van der Waals surface area contributed by atoms with Crippen LogP contribution in [0.15, 0.2) is 18.2 Å². The number of carbonyl (C=O) groups is 1. The predicted octanol–water partition coefficient (Wildman–Crippen LogP) is 2.00. The average molecular weight is 265 g/mol. The van der Waals surface area contributed by atoms with Crippen molar-refractivity contribution in [1.82, 2.24) is 0 Å². The van der Waals surface area contributed by atoms with Gasteiger partial charge < -0.3 is 19.9 Å². The fraction of sp³-hybridized carbons (Fsp3) is 0.500. The van der Waals surface area contributed by atoms with Gasteiger partial charge in [-0.05, 0) is 37.5 Å². The number of hydrogen-bond donors (Lipinski definition) is 1. The molecule has 0 bridgehead atoms. The van der Waals surface area contributed by atoms with E-state index in [0.717, 1.165) is 25.9 Å². The van der Waals surface area contributed by atoms with E-state index in [9.17, 15) is 4.79 Å². The van der Waals surface area contributed by atoms with Gasteiger partial charge in [-0.2, -0.15) is 0 Å². The van der Waals surface area contributed by atoms with Gasteiger partial charge >= 0.3 is 5.97 Å². The van der Waals surface area contributed by atoms with Gasteiger partial charge in [0.1, 0.15) is 12.4 Å². The van der Waals surface area contributed by atoms with Crippen LogP contribution in [0.3, 0.4) is 0 Å². The molecule has 1 fully saturated rings. The van der Waals surface area contributed by atoms with Crippen molar-refractivity contribution in [3.63, 3.8) is 0 Å². The van der Waals surface area contributed by atoms with Crippen molar-refractivity contribution in [2.24, 2.45) is 0 Å². The van der Waals surface area contributed by atoms with Crippen LogP contribution in [0, 0.1) is 0 Å². The number of hydrogen-bond acceptors (Lipinski definition) is 5. The van der Waals surface area contributed by atoms with Gasteiger partial charge in [-0.25, -0.2) is 4.79 Å². The molecule has 19 heavy (non-hydrogen) atoms. The fourth-order valence-corrected chi connectivity index (χ4v) is 2.03. The Bertz CT molecular complexity index is 441. The smallest absolute Gasteiger partial charge is 0.338 e. The lowest BCUT2D eigenvalue weighted by molar-refractivity contribution is -0.0300. The Morgan fingerprint density at radius 1 is 1.47 bits per heavy atom. The molecule has 0 spiro atoms. The van der Waals surface area contributed by atoms with E-state index in [2.05, 4.69) is 0 Å². The van der Waals surface area contributed by atoms with Crippen LogP contribution in [0.2, 0.25) is 0 Å². The molecule has 0 radical (unpaired) electrons. The van der Waals surface area contributed by atoms with Crippen molar-refractivity contribution in [2.45, 2.75) is 25.4 Å². The van der Waals surface area contributed by atoms with E-state index < -0.39 is 0 Å². The summed E-state index contributed by atoms with van der Waals surface area (Å²) >= 11 is 0. The van der Waals surface area contributed by atoms with Crippen molar-refractivity contribution in [3.8, 4) is 5.75 Å². The molecule has 0 aromatic heterocycles. The third-order valence-electron chi connectivity index (χ3n) is 3.14. The molecule has 1 aromatic carbocycles. The highest BCUT2D eigenvalue weighted by molar-refractivity contribution is 5.90. The summed E-state index contributed by atoms with van der Waals surface area (Å²) in [4.78, 5) is 11.9. The minimum atomic E-state index is -0.382. The van der Waals surface area contributed by atoms with E-state index in [1.54, 1.807) is 18.2 Å². The third kappa shape index (κ3) is 3.61. The lowest BCUT2D eigenvalue weighted by Gasteiger charge is -2.22. The maximum Gasteiger partial charge on any atom is 0.338 e.